The van der Waals surface area contributed by atoms with E-state index >= 15 is 0 Å². The van der Waals surface area contributed by atoms with Gasteiger partial charge >= 0.3 is 5.97 Å². The fraction of sp³-hybridized carbons (Fsp3) is 0.125. The lowest BCUT2D eigenvalue weighted by molar-refractivity contribution is -0.132. The third-order valence-corrected chi connectivity index (χ3v) is 4.83. The Morgan fingerprint density at radius 3 is 2.92 bits per heavy atom. The van der Waals surface area contributed by atoms with Crippen LogP contribution >= 0.6 is 34.5 Å². The second-order valence-corrected chi connectivity index (χ2v) is 6.67. The average molecular weight is 383 g/mol. The molecule has 2 aromatic heterocycles. The first kappa shape index (κ1) is 16.8. The molecule has 0 spiro atoms. The van der Waals surface area contributed by atoms with E-state index in [4.69, 9.17) is 27.9 Å². The first-order chi connectivity index (χ1) is 11.5. The second kappa shape index (κ2) is 6.84. The van der Waals surface area contributed by atoms with E-state index in [-0.39, 0.29) is 12.0 Å². The van der Waals surface area contributed by atoms with Crippen molar-refractivity contribution in [1.29, 1.82) is 0 Å². The van der Waals surface area contributed by atoms with Crippen molar-refractivity contribution in [2.45, 2.75) is 6.42 Å². The molecule has 3 aromatic rings. The van der Waals surface area contributed by atoms with Crippen LogP contribution in [-0.4, -0.2) is 27.6 Å². The summed E-state index contributed by atoms with van der Waals surface area (Å²) in [5.74, 6) is -1.02. The zero-order chi connectivity index (χ0) is 17.3. The van der Waals surface area contributed by atoms with E-state index in [1.54, 1.807) is 12.1 Å². The van der Waals surface area contributed by atoms with Gasteiger partial charge in [0, 0.05) is 34.3 Å². The van der Waals surface area contributed by atoms with Gasteiger partial charge in [0.2, 0.25) is 0 Å². The van der Waals surface area contributed by atoms with Crippen LogP contribution in [0.25, 0.3) is 16.2 Å². The summed E-state index contributed by atoms with van der Waals surface area (Å²) in [6.45, 7) is 0. The predicted molar refractivity (Wildman–Crippen MR) is 95.0 cm³/mol. The maximum absolute atomic E-state index is 11.3. The average Bonchev–Trinajstić information content (AvgIpc) is 3.08. The van der Waals surface area contributed by atoms with Gasteiger partial charge in [-0.1, -0.05) is 23.2 Å². The molecule has 2 heterocycles. The van der Waals surface area contributed by atoms with E-state index in [0.29, 0.717) is 15.7 Å². The number of hydrogen-bond donors (Lipinski definition) is 1. The smallest absolute Gasteiger partial charge is 0.335 e. The Hall–Kier alpha value is -2.02. The van der Waals surface area contributed by atoms with E-state index in [9.17, 15) is 9.90 Å². The van der Waals surface area contributed by atoms with Crippen LogP contribution in [0.15, 0.2) is 41.6 Å². The molecule has 0 fully saturated rings. The number of carboxylic acid groups (broad SMARTS) is 1. The minimum absolute atomic E-state index is 0.164. The number of thiazole rings is 1. The largest absolute Gasteiger partial charge is 0.504 e. The number of ether oxygens (including phenoxy) is 1. The Labute approximate surface area is 151 Å². The molecule has 0 unspecified atom stereocenters. The highest BCUT2D eigenvalue weighted by Gasteiger charge is 2.15. The van der Waals surface area contributed by atoms with E-state index in [2.05, 4.69) is 4.98 Å². The molecule has 1 N–H and O–H groups in total. The van der Waals surface area contributed by atoms with Crippen molar-refractivity contribution in [2.24, 2.45) is 0 Å². The van der Waals surface area contributed by atoms with E-state index < -0.39 is 5.97 Å². The van der Waals surface area contributed by atoms with Crippen LogP contribution in [0.3, 0.4) is 0 Å². The Bertz CT molecular complexity index is 946. The summed E-state index contributed by atoms with van der Waals surface area (Å²) < 4.78 is 6.69. The van der Waals surface area contributed by atoms with Crippen molar-refractivity contribution in [3.05, 3.63) is 57.4 Å². The maximum atomic E-state index is 11.3. The number of rotatable bonds is 5. The molecule has 124 valence electrons. The Morgan fingerprint density at radius 1 is 1.46 bits per heavy atom. The number of nitrogens with zero attached hydrogens (tertiary/aromatic N) is 2. The van der Waals surface area contributed by atoms with Crippen molar-refractivity contribution in [2.75, 3.05) is 7.11 Å². The number of aromatic nitrogens is 2. The van der Waals surface area contributed by atoms with Crippen molar-refractivity contribution < 1.29 is 14.6 Å². The molecule has 8 heteroatoms. The van der Waals surface area contributed by atoms with Crippen LogP contribution in [0.2, 0.25) is 10.0 Å². The number of hydrogen-bond acceptors (Lipinski definition) is 4. The van der Waals surface area contributed by atoms with Gasteiger partial charge in [0.25, 0.3) is 0 Å². The molecule has 0 aliphatic heterocycles. The molecular formula is C16H12Cl2N2O3S. The molecule has 0 saturated heterocycles. The van der Waals surface area contributed by atoms with Crippen LogP contribution in [0.1, 0.15) is 5.69 Å². The second-order valence-electron chi connectivity index (χ2n) is 4.99. The molecule has 0 atom stereocenters. The summed E-state index contributed by atoms with van der Waals surface area (Å²) in [6.07, 6.45) is 3.30. The molecule has 1 aromatic carbocycles. The molecule has 0 bridgehead atoms. The standard InChI is InChI=1S/C16H12Cl2N2O3S/c1-23-7-9(15(21)22)4-11-8-24-16-19-14(6-20(11)16)12-3-2-10(17)5-13(12)18/h2-3,5-8H,4H2,1H3,(H,21,22). The zero-order valence-electron chi connectivity index (χ0n) is 12.5. The lowest BCUT2D eigenvalue weighted by Gasteiger charge is -2.02. The SMILES string of the molecule is COC=C(Cc1csc2nc(-c3ccc(Cl)cc3Cl)cn12)C(=O)O. The van der Waals surface area contributed by atoms with Gasteiger partial charge in [-0.05, 0) is 18.2 Å². The van der Waals surface area contributed by atoms with Gasteiger partial charge in [-0.2, -0.15) is 0 Å². The Kier molecular flexibility index (Phi) is 4.80. The summed E-state index contributed by atoms with van der Waals surface area (Å²) in [4.78, 5) is 16.6. The summed E-state index contributed by atoms with van der Waals surface area (Å²) in [5.41, 5.74) is 2.45. The van der Waals surface area contributed by atoms with Gasteiger partial charge in [0.1, 0.15) is 0 Å². The molecule has 3 rings (SSSR count). The molecule has 0 aliphatic carbocycles. The lowest BCUT2D eigenvalue weighted by atomic mass is 10.1. The Morgan fingerprint density at radius 2 is 2.25 bits per heavy atom. The number of fused-ring (bicyclic) bond motifs is 1. The fourth-order valence-corrected chi connectivity index (χ4v) is 3.67. The first-order valence-corrected chi connectivity index (χ1v) is 8.49. The number of methoxy groups -OCH3 is 1. The van der Waals surface area contributed by atoms with Crippen molar-refractivity contribution >= 4 is 45.5 Å². The third kappa shape index (κ3) is 3.26. The molecule has 0 aliphatic rings. The summed E-state index contributed by atoms with van der Waals surface area (Å²) in [6, 6.07) is 5.22. The van der Waals surface area contributed by atoms with Gasteiger partial charge in [-0.25, -0.2) is 9.78 Å². The lowest BCUT2D eigenvalue weighted by Crippen LogP contribution is -2.05. The van der Waals surface area contributed by atoms with Crippen molar-refractivity contribution in [1.82, 2.24) is 9.38 Å². The number of halogens is 2. The van der Waals surface area contributed by atoms with Gasteiger partial charge in [-0.15, -0.1) is 11.3 Å². The van der Waals surface area contributed by atoms with Crippen LogP contribution in [0.5, 0.6) is 0 Å². The van der Waals surface area contributed by atoms with Crippen molar-refractivity contribution in [3.8, 4) is 11.3 Å². The monoisotopic (exact) mass is 382 g/mol. The van der Waals surface area contributed by atoms with Gasteiger partial charge in [0.15, 0.2) is 4.96 Å². The summed E-state index contributed by atoms with van der Waals surface area (Å²) in [5, 5.41) is 12.2. The number of imidazole rings is 1. The van der Waals surface area contributed by atoms with Gasteiger partial charge in [0.05, 0.1) is 29.7 Å². The van der Waals surface area contributed by atoms with Crippen LogP contribution in [0, 0.1) is 0 Å². The summed E-state index contributed by atoms with van der Waals surface area (Å²) in [7, 11) is 1.42. The maximum Gasteiger partial charge on any atom is 0.335 e. The molecule has 0 radical (unpaired) electrons. The molecule has 0 saturated carbocycles. The van der Waals surface area contributed by atoms with E-state index in [0.717, 1.165) is 16.2 Å². The van der Waals surface area contributed by atoms with Crippen molar-refractivity contribution in [3.63, 3.8) is 0 Å². The number of aliphatic carboxylic acids is 1. The summed E-state index contributed by atoms with van der Waals surface area (Å²) >= 11 is 13.6. The molecule has 5 nitrogen and oxygen atoms in total. The highest BCUT2D eigenvalue weighted by molar-refractivity contribution is 7.15. The van der Waals surface area contributed by atoms with Crippen LogP contribution < -0.4 is 0 Å². The number of carbonyl (C=O) groups is 1. The normalized spacial score (nSPS) is 11.9. The molecular weight excluding hydrogens is 371 g/mol. The van der Waals surface area contributed by atoms with Gasteiger partial charge in [-0.3, -0.25) is 4.40 Å². The number of carboxylic acids is 1. The fourth-order valence-electron chi connectivity index (χ4n) is 2.29. The predicted octanol–water partition coefficient (Wildman–Crippen LogP) is 4.53. The third-order valence-electron chi connectivity index (χ3n) is 3.40. The highest BCUT2D eigenvalue weighted by Crippen LogP contribution is 2.31. The zero-order valence-corrected chi connectivity index (χ0v) is 14.8. The number of benzene rings is 1. The topological polar surface area (TPSA) is 63.8 Å². The minimum atomic E-state index is -1.02. The van der Waals surface area contributed by atoms with E-state index in [1.165, 1.54) is 24.7 Å². The quantitative estimate of drug-likeness (QED) is 0.520. The van der Waals surface area contributed by atoms with E-state index in [1.807, 2.05) is 22.0 Å². The highest BCUT2D eigenvalue weighted by atomic mass is 35.5. The first-order valence-electron chi connectivity index (χ1n) is 6.85. The molecule has 0 amide bonds. The molecule has 24 heavy (non-hydrogen) atoms. The Balaban J connectivity index is 2.00. The van der Waals surface area contributed by atoms with Crippen LogP contribution in [0.4, 0.5) is 0 Å². The van der Waals surface area contributed by atoms with Crippen LogP contribution in [-0.2, 0) is 16.0 Å². The minimum Gasteiger partial charge on any atom is -0.504 e. The van der Waals surface area contributed by atoms with Gasteiger partial charge < -0.3 is 9.84 Å².